The highest BCUT2D eigenvalue weighted by molar-refractivity contribution is 14.1. The molecule has 6 nitrogen and oxygen atoms in total. The summed E-state index contributed by atoms with van der Waals surface area (Å²) in [7, 11) is 0. The van der Waals surface area contributed by atoms with Gasteiger partial charge in [0.25, 0.3) is 5.91 Å². The van der Waals surface area contributed by atoms with Crippen molar-refractivity contribution in [1.29, 1.82) is 0 Å². The third-order valence-electron chi connectivity index (χ3n) is 5.64. The third-order valence-corrected chi connectivity index (χ3v) is 6.31. The van der Waals surface area contributed by atoms with E-state index in [9.17, 15) is 18.8 Å². The predicted molar refractivity (Wildman–Crippen MR) is 131 cm³/mol. The zero-order valence-corrected chi connectivity index (χ0v) is 19.8. The van der Waals surface area contributed by atoms with E-state index in [0.29, 0.717) is 9.13 Å². The minimum Gasteiger partial charge on any atom is -0.322 e. The maximum atomic E-state index is 14.4. The maximum Gasteiger partial charge on any atom is 0.325 e. The number of nitrogens with one attached hydrogen (secondary N) is 2. The van der Waals surface area contributed by atoms with Gasteiger partial charge in [0.15, 0.2) is 0 Å². The molecule has 1 heterocycles. The zero-order chi connectivity index (χ0) is 23.5. The number of carbonyl (C=O) groups is 3. The van der Waals surface area contributed by atoms with Crippen molar-refractivity contribution in [2.75, 3.05) is 5.32 Å². The number of urea groups is 1. The number of benzene rings is 3. The van der Waals surface area contributed by atoms with Crippen LogP contribution in [0.3, 0.4) is 0 Å². The van der Waals surface area contributed by atoms with Crippen LogP contribution < -0.4 is 10.6 Å². The first-order valence-corrected chi connectivity index (χ1v) is 11.4. The lowest BCUT2D eigenvalue weighted by Gasteiger charge is -2.30. The Morgan fingerprint density at radius 2 is 1.67 bits per heavy atom. The molecule has 4 rings (SSSR count). The molecule has 1 fully saturated rings. The molecule has 3 aromatic rings. The van der Waals surface area contributed by atoms with Crippen molar-refractivity contribution in [2.24, 2.45) is 0 Å². The summed E-state index contributed by atoms with van der Waals surface area (Å²) in [5.74, 6) is -2.32. The van der Waals surface area contributed by atoms with Gasteiger partial charge in [-0.25, -0.2) is 14.1 Å². The summed E-state index contributed by atoms with van der Waals surface area (Å²) in [4.78, 5) is 40.7. The van der Waals surface area contributed by atoms with Gasteiger partial charge in [0.2, 0.25) is 5.91 Å². The Morgan fingerprint density at radius 3 is 2.30 bits per heavy atom. The fourth-order valence-corrected chi connectivity index (χ4v) is 4.39. The lowest BCUT2D eigenvalue weighted by atomic mass is 9.91. The standard InChI is InChI=1S/C25H21FIN3O3/c1-15(16-8-4-2-5-9-16)22(23(31)28-20-13-12-18(27)14-19(20)26)30-24(32)21(29-25(30)33)17-10-6-3-7-11-17/h2-15,21-22H,1H3,(H,28,31)(H,29,33)/t15-,21?,22-/m0/s1. The Kier molecular flexibility index (Phi) is 6.73. The van der Waals surface area contributed by atoms with E-state index in [-0.39, 0.29) is 5.69 Å². The summed E-state index contributed by atoms with van der Waals surface area (Å²) >= 11 is 1.97. The van der Waals surface area contributed by atoms with Crippen LogP contribution in [0.2, 0.25) is 0 Å². The maximum absolute atomic E-state index is 14.4. The number of imide groups is 1. The highest BCUT2D eigenvalue weighted by atomic mass is 127. The number of hydrogen-bond donors (Lipinski definition) is 2. The van der Waals surface area contributed by atoms with Gasteiger partial charge < -0.3 is 10.6 Å². The fraction of sp³-hybridized carbons (Fsp3) is 0.160. The van der Waals surface area contributed by atoms with E-state index in [1.54, 1.807) is 37.3 Å². The molecule has 0 aromatic heterocycles. The van der Waals surface area contributed by atoms with Crippen LogP contribution in [0.25, 0.3) is 0 Å². The highest BCUT2D eigenvalue weighted by Crippen LogP contribution is 2.31. The number of carbonyl (C=O) groups excluding carboxylic acids is 3. The minimum atomic E-state index is -1.19. The summed E-state index contributed by atoms with van der Waals surface area (Å²) in [6.07, 6.45) is 0. The number of hydrogen-bond acceptors (Lipinski definition) is 3. The van der Waals surface area contributed by atoms with Crippen LogP contribution in [-0.4, -0.2) is 28.8 Å². The van der Waals surface area contributed by atoms with Crippen LogP contribution in [0.1, 0.15) is 30.0 Å². The Morgan fingerprint density at radius 1 is 1.03 bits per heavy atom. The van der Waals surface area contributed by atoms with Gasteiger partial charge in [-0.05, 0) is 51.9 Å². The van der Waals surface area contributed by atoms with E-state index >= 15 is 0 Å². The SMILES string of the molecule is C[C@@H](c1ccccc1)[C@@H](C(=O)Nc1ccc(I)cc1F)N1C(=O)NC(c2ccccc2)C1=O. The number of nitrogens with zero attached hydrogens (tertiary/aromatic N) is 1. The molecule has 1 unspecified atom stereocenters. The largest absolute Gasteiger partial charge is 0.325 e. The molecule has 1 aliphatic heterocycles. The first-order valence-electron chi connectivity index (χ1n) is 10.4. The lowest BCUT2D eigenvalue weighted by molar-refractivity contribution is -0.134. The second-order valence-corrected chi connectivity index (χ2v) is 9.00. The third kappa shape index (κ3) is 4.75. The van der Waals surface area contributed by atoms with E-state index < -0.39 is 41.7 Å². The summed E-state index contributed by atoms with van der Waals surface area (Å²) < 4.78 is 15.1. The summed E-state index contributed by atoms with van der Waals surface area (Å²) in [6.45, 7) is 1.76. The molecule has 8 heteroatoms. The van der Waals surface area contributed by atoms with E-state index in [1.165, 1.54) is 12.1 Å². The number of rotatable bonds is 6. The second-order valence-electron chi connectivity index (χ2n) is 7.76. The minimum absolute atomic E-state index is 0.0164. The molecule has 3 atom stereocenters. The van der Waals surface area contributed by atoms with E-state index in [0.717, 1.165) is 10.5 Å². The monoisotopic (exact) mass is 557 g/mol. The Bertz CT molecular complexity index is 1190. The summed E-state index contributed by atoms with van der Waals surface area (Å²) in [6, 6.07) is 19.6. The highest BCUT2D eigenvalue weighted by Gasteiger charge is 2.47. The van der Waals surface area contributed by atoms with Gasteiger partial charge in [-0.2, -0.15) is 0 Å². The van der Waals surface area contributed by atoms with Gasteiger partial charge in [0.1, 0.15) is 17.9 Å². The number of anilines is 1. The van der Waals surface area contributed by atoms with Crippen molar-refractivity contribution in [3.8, 4) is 0 Å². The quantitative estimate of drug-likeness (QED) is 0.337. The van der Waals surface area contributed by atoms with Crippen LogP contribution in [0.5, 0.6) is 0 Å². The second kappa shape index (κ2) is 9.70. The molecule has 4 amide bonds. The molecule has 0 aliphatic carbocycles. The molecule has 1 saturated heterocycles. The molecular formula is C25H21FIN3O3. The van der Waals surface area contributed by atoms with Gasteiger partial charge in [-0.1, -0.05) is 67.6 Å². The van der Waals surface area contributed by atoms with Crippen LogP contribution in [0.15, 0.2) is 78.9 Å². The molecule has 1 aliphatic rings. The van der Waals surface area contributed by atoms with E-state index in [1.807, 2.05) is 59.0 Å². The molecular weight excluding hydrogens is 536 g/mol. The van der Waals surface area contributed by atoms with Crippen molar-refractivity contribution in [2.45, 2.75) is 24.9 Å². The summed E-state index contributed by atoms with van der Waals surface area (Å²) in [5.41, 5.74) is 1.37. The fourth-order valence-electron chi connectivity index (χ4n) is 3.93. The average Bonchev–Trinajstić information content (AvgIpc) is 3.11. The predicted octanol–water partition coefficient (Wildman–Crippen LogP) is 4.83. The van der Waals surface area contributed by atoms with Gasteiger partial charge in [-0.3, -0.25) is 9.59 Å². The van der Waals surface area contributed by atoms with Crippen molar-refractivity contribution in [3.63, 3.8) is 0 Å². The van der Waals surface area contributed by atoms with Crippen molar-refractivity contribution in [3.05, 3.63) is 99.4 Å². The normalized spacial score (nSPS) is 17.4. The van der Waals surface area contributed by atoms with Gasteiger partial charge in [-0.15, -0.1) is 0 Å². The topological polar surface area (TPSA) is 78.5 Å². The van der Waals surface area contributed by atoms with Crippen LogP contribution in [-0.2, 0) is 9.59 Å². The van der Waals surface area contributed by atoms with Crippen molar-refractivity contribution < 1.29 is 18.8 Å². The zero-order valence-electron chi connectivity index (χ0n) is 17.7. The molecule has 0 radical (unpaired) electrons. The van der Waals surface area contributed by atoms with Crippen molar-refractivity contribution >= 4 is 46.1 Å². The lowest BCUT2D eigenvalue weighted by Crippen LogP contribution is -2.50. The molecule has 0 bridgehead atoms. The van der Waals surface area contributed by atoms with E-state index in [4.69, 9.17) is 0 Å². The van der Waals surface area contributed by atoms with Gasteiger partial charge >= 0.3 is 6.03 Å². The molecule has 33 heavy (non-hydrogen) atoms. The van der Waals surface area contributed by atoms with Crippen molar-refractivity contribution in [1.82, 2.24) is 10.2 Å². The van der Waals surface area contributed by atoms with Crippen LogP contribution >= 0.6 is 22.6 Å². The average molecular weight is 557 g/mol. The first kappa shape index (κ1) is 22.9. The molecule has 2 N–H and O–H groups in total. The molecule has 168 valence electrons. The Hall–Kier alpha value is -3.27. The van der Waals surface area contributed by atoms with Gasteiger partial charge in [0, 0.05) is 9.49 Å². The number of amides is 4. The molecule has 0 saturated carbocycles. The summed E-state index contributed by atoms with van der Waals surface area (Å²) in [5, 5.41) is 5.25. The smallest absolute Gasteiger partial charge is 0.322 e. The van der Waals surface area contributed by atoms with Gasteiger partial charge in [0.05, 0.1) is 5.69 Å². The first-order chi connectivity index (χ1) is 15.9. The molecule has 3 aromatic carbocycles. The van der Waals surface area contributed by atoms with Crippen LogP contribution in [0.4, 0.5) is 14.9 Å². The Balaban J connectivity index is 1.70. The number of halogens is 2. The Labute approximate surface area is 204 Å². The molecule has 0 spiro atoms. The van der Waals surface area contributed by atoms with Crippen LogP contribution in [0, 0.1) is 9.39 Å². The van der Waals surface area contributed by atoms with E-state index in [2.05, 4.69) is 10.6 Å².